The first-order valence-electron chi connectivity index (χ1n) is 9.05. The summed E-state index contributed by atoms with van der Waals surface area (Å²) in [4.78, 5) is 24.1. The van der Waals surface area contributed by atoms with Gasteiger partial charge in [0.2, 0.25) is 11.8 Å². The summed E-state index contributed by atoms with van der Waals surface area (Å²) in [5, 5.41) is 10.9. The van der Waals surface area contributed by atoms with E-state index in [0.29, 0.717) is 12.5 Å². The predicted molar refractivity (Wildman–Crippen MR) is 105 cm³/mol. The predicted octanol–water partition coefficient (Wildman–Crippen LogP) is 2.93. The van der Waals surface area contributed by atoms with Gasteiger partial charge in [-0.1, -0.05) is 32.0 Å². The zero-order valence-corrected chi connectivity index (χ0v) is 17.2. The maximum absolute atomic E-state index is 12.2. The van der Waals surface area contributed by atoms with E-state index in [4.69, 9.17) is 13.9 Å². The van der Waals surface area contributed by atoms with E-state index in [-0.39, 0.29) is 22.8 Å². The average molecular weight is 407 g/mol. The first kappa shape index (κ1) is 21.7. The lowest BCUT2D eigenvalue weighted by molar-refractivity contribution is -0.146. The van der Waals surface area contributed by atoms with Crippen LogP contribution in [0.25, 0.3) is 11.5 Å². The molecule has 2 atom stereocenters. The number of esters is 1. The van der Waals surface area contributed by atoms with E-state index in [0.717, 1.165) is 29.5 Å². The minimum Gasteiger partial charge on any atom is -0.494 e. The van der Waals surface area contributed by atoms with Crippen molar-refractivity contribution in [1.29, 1.82) is 0 Å². The summed E-state index contributed by atoms with van der Waals surface area (Å²) in [5.41, 5.74) is 0.759. The molecule has 0 aliphatic carbocycles. The first-order chi connectivity index (χ1) is 13.5. The van der Waals surface area contributed by atoms with Gasteiger partial charge in [0, 0.05) is 5.56 Å². The molecule has 2 unspecified atom stereocenters. The number of nitrogens with zero attached hydrogens (tertiary/aromatic N) is 2. The van der Waals surface area contributed by atoms with Gasteiger partial charge in [0.15, 0.2) is 0 Å². The third-order valence-electron chi connectivity index (χ3n) is 4.13. The highest BCUT2D eigenvalue weighted by molar-refractivity contribution is 7.99. The molecule has 0 fully saturated rings. The Balaban J connectivity index is 1.92. The monoisotopic (exact) mass is 407 g/mol. The summed E-state index contributed by atoms with van der Waals surface area (Å²) in [5.74, 6) is 0.381. The van der Waals surface area contributed by atoms with Crippen molar-refractivity contribution in [3.63, 3.8) is 0 Å². The van der Waals surface area contributed by atoms with E-state index in [9.17, 15) is 9.59 Å². The maximum atomic E-state index is 12.2. The van der Waals surface area contributed by atoms with Crippen molar-refractivity contribution in [2.45, 2.75) is 38.5 Å². The molecular weight excluding hydrogens is 382 g/mol. The van der Waals surface area contributed by atoms with Gasteiger partial charge in [-0.3, -0.25) is 4.79 Å². The van der Waals surface area contributed by atoms with Crippen LogP contribution in [0.5, 0.6) is 5.75 Å². The molecule has 1 amide bonds. The van der Waals surface area contributed by atoms with Crippen LogP contribution in [0, 0.1) is 5.92 Å². The van der Waals surface area contributed by atoms with E-state index in [1.807, 2.05) is 45.0 Å². The number of ether oxygens (including phenoxy) is 2. The van der Waals surface area contributed by atoms with Gasteiger partial charge < -0.3 is 19.2 Å². The Morgan fingerprint density at radius 3 is 2.54 bits per heavy atom. The molecule has 0 spiro atoms. The van der Waals surface area contributed by atoms with E-state index in [1.54, 1.807) is 0 Å². The van der Waals surface area contributed by atoms with E-state index in [2.05, 4.69) is 15.5 Å². The number of methoxy groups -OCH3 is 1. The summed E-state index contributed by atoms with van der Waals surface area (Å²) in [7, 11) is 1.31. The van der Waals surface area contributed by atoms with E-state index >= 15 is 0 Å². The summed E-state index contributed by atoms with van der Waals surface area (Å²) >= 11 is 1.11. The number of nitrogens with one attached hydrogen (secondary N) is 1. The second kappa shape index (κ2) is 10.7. The Morgan fingerprint density at radius 1 is 1.21 bits per heavy atom. The zero-order valence-electron chi connectivity index (χ0n) is 16.4. The molecule has 0 bridgehead atoms. The molecule has 1 aromatic heterocycles. The smallest absolute Gasteiger partial charge is 0.328 e. The number of hydrogen-bond acceptors (Lipinski definition) is 8. The largest absolute Gasteiger partial charge is 0.494 e. The summed E-state index contributed by atoms with van der Waals surface area (Å²) in [6, 6.07) is 6.63. The number of amides is 1. The van der Waals surface area contributed by atoms with Gasteiger partial charge in [0.1, 0.15) is 11.8 Å². The molecule has 0 saturated heterocycles. The molecule has 0 radical (unpaired) electrons. The number of carbonyl (C=O) groups excluding carboxylic acids is 2. The third kappa shape index (κ3) is 5.98. The number of rotatable bonds is 10. The Labute approximate surface area is 168 Å². The summed E-state index contributed by atoms with van der Waals surface area (Å²) in [6.07, 6.45) is 0.738. The van der Waals surface area contributed by atoms with Crippen molar-refractivity contribution < 1.29 is 23.5 Å². The molecule has 2 rings (SSSR count). The van der Waals surface area contributed by atoms with Crippen LogP contribution in [0.2, 0.25) is 0 Å². The van der Waals surface area contributed by atoms with Crippen LogP contribution >= 0.6 is 11.8 Å². The molecule has 8 nitrogen and oxygen atoms in total. The van der Waals surface area contributed by atoms with Gasteiger partial charge in [0.05, 0.1) is 19.5 Å². The van der Waals surface area contributed by atoms with E-state index < -0.39 is 12.0 Å². The van der Waals surface area contributed by atoms with Gasteiger partial charge in [-0.2, -0.15) is 0 Å². The highest BCUT2D eigenvalue weighted by Gasteiger charge is 2.26. The van der Waals surface area contributed by atoms with Crippen molar-refractivity contribution in [2.75, 3.05) is 19.5 Å². The van der Waals surface area contributed by atoms with Gasteiger partial charge in [-0.25, -0.2) is 4.79 Å². The van der Waals surface area contributed by atoms with Crippen LogP contribution < -0.4 is 10.1 Å². The second-order valence-corrected chi connectivity index (χ2v) is 7.00. The normalized spacial score (nSPS) is 12.9. The Bertz CT molecular complexity index is 778. The number of carbonyl (C=O) groups is 2. The lowest BCUT2D eigenvalue weighted by Gasteiger charge is -2.21. The SMILES string of the molecule is CCOc1ccc(-c2nnc(SCC(=O)NC(C(=O)OC)C(C)CC)o2)cc1. The highest BCUT2D eigenvalue weighted by atomic mass is 32.2. The average Bonchev–Trinajstić information content (AvgIpc) is 3.19. The fraction of sp³-hybridized carbons (Fsp3) is 0.474. The number of benzene rings is 1. The van der Waals surface area contributed by atoms with Crippen molar-refractivity contribution in [2.24, 2.45) is 5.92 Å². The lowest BCUT2D eigenvalue weighted by Crippen LogP contribution is -2.46. The van der Waals surface area contributed by atoms with Crippen molar-refractivity contribution in [1.82, 2.24) is 15.5 Å². The molecule has 9 heteroatoms. The van der Waals surface area contributed by atoms with Gasteiger partial charge in [0.25, 0.3) is 5.22 Å². The molecule has 1 heterocycles. The number of aromatic nitrogens is 2. The minimum atomic E-state index is -0.676. The molecule has 0 saturated carbocycles. The van der Waals surface area contributed by atoms with Crippen LogP contribution in [0.15, 0.2) is 33.9 Å². The summed E-state index contributed by atoms with van der Waals surface area (Å²) < 4.78 is 15.8. The second-order valence-electron chi connectivity index (χ2n) is 6.07. The molecule has 1 N–H and O–H groups in total. The van der Waals surface area contributed by atoms with Crippen LogP contribution in [0.1, 0.15) is 27.2 Å². The Hall–Kier alpha value is -2.55. The zero-order chi connectivity index (χ0) is 20.5. The van der Waals surface area contributed by atoms with Gasteiger partial charge in [-0.05, 0) is 37.1 Å². The van der Waals surface area contributed by atoms with E-state index in [1.165, 1.54) is 7.11 Å². The van der Waals surface area contributed by atoms with Crippen molar-refractivity contribution in [3.8, 4) is 17.2 Å². The van der Waals surface area contributed by atoms with Crippen LogP contribution in [0.4, 0.5) is 0 Å². The molecule has 0 aliphatic rings. The third-order valence-corrected chi connectivity index (χ3v) is 4.95. The molecule has 2 aromatic rings. The number of hydrogen-bond donors (Lipinski definition) is 1. The molecule has 1 aromatic carbocycles. The van der Waals surface area contributed by atoms with Gasteiger partial charge in [-0.15, -0.1) is 10.2 Å². The highest BCUT2D eigenvalue weighted by Crippen LogP contribution is 2.25. The fourth-order valence-corrected chi connectivity index (χ4v) is 2.96. The molecule has 152 valence electrons. The first-order valence-corrected chi connectivity index (χ1v) is 10.0. The quantitative estimate of drug-likeness (QED) is 0.474. The minimum absolute atomic E-state index is 0.0314. The van der Waals surface area contributed by atoms with Crippen LogP contribution in [0.3, 0.4) is 0 Å². The maximum Gasteiger partial charge on any atom is 0.328 e. The Kier molecular flexibility index (Phi) is 8.31. The number of thioether (sulfide) groups is 1. The topological polar surface area (TPSA) is 104 Å². The van der Waals surface area contributed by atoms with Crippen LogP contribution in [-0.4, -0.2) is 47.6 Å². The van der Waals surface area contributed by atoms with Crippen LogP contribution in [-0.2, 0) is 14.3 Å². The molecule has 0 aliphatic heterocycles. The van der Waals surface area contributed by atoms with Gasteiger partial charge >= 0.3 is 5.97 Å². The van der Waals surface area contributed by atoms with Crippen molar-refractivity contribution >= 4 is 23.6 Å². The summed E-state index contributed by atoms with van der Waals surface area (Å²) in [6.45, 7) is 6.34. The lowest BCUT2D eigenvalue weighted by atomic mass is 9.99. The fourth-order valence-electron chi connectivity index (χ4n) is 2.38. The Morgan fingerprint density at radius 2 is 1.93 bits per heavy atom. The van der Waals surface area contributed by atoms with Crippen molar-refractivity contribution in [3.05, 3.63) is 24.3 Å². The molecule has 28 heavy (non-hydrogen) atoms. The standard InChI is InChI=1S/C19H25N3O5S/c1-5-12(3)16(18(24)25-4)20-15(23)11-28-19-22-21-17(27-19)13-7-9-14(10-8-13)26-6-2/h7-10,12,16H,5-6,11H2,1-4H3,(H,20,23). The molecular formula is C19H25N3O5S.